The Morgan fingerprint density at radius 1 is 0.810 bits per heavy atom. The van der Waals surface area contributed by atoms with Crippen LogP contribution in [-0.2, 0) is 4.74 Å². The Kier molecular flexibility index (Phi) is 5.72. The van der Waals surface area contributed by atoms with Gasteiger partial charge in [0.15, 0.2) is 23.1 Å². The molecule has 3 nitrogen and oxygen atoms in total. The summed E-state index contributed by atoms with van der Waals surface area (Å²) in [6.07, 6.45) is 0. The standard InChI is InChI=1S/C14H12F2O3S2/c15-11-5-9(1-3-13(11)17)20-7-19-8-21-10-2-4-14(18)12(16)6-10/h1-6,17-18H,7-8H2. The number of benzene rings is 2. The van der Waals surface area contributed by atoms with Crippen molar-refractivity contribution in [2.45, 2.75) is 9.79 Å². The molecular weight excluding hydrogens is 318 g/mol. The third-order valence-electron chi connectivity index (χ3n) is 2.46. The van der Waals surface area contributed by atoms with Gasteiger partial charge in [0.05, 0.1) is 11.9 Å². The summed E-state index contributed by atoms with van der Waals surface area (Å²) in [5.74, 6) is -1.51. The predicted octanol–water partition coefficient (Wildman–Crippen LogP) is 4.19. The van der Waals surface area contributed by atoms with Gasteiger partial charge in [-0.1, -0.05) is 23.5 Å². The maximum absolute atomic E-state index is 13.1. The van der Waals surface area contributed by atoms with Crippen molar-refractivity contribution in [3.63, 3.8) is 0 Å². The van der Waals surface area contributed by atoms with Crippen LogP contribution in [0.3, 0.4) is 0 Å². The molecule has 2 aromatic rings. The molecule has 0 aliphatic rings. The van der Waals surface area contributed by atoms with E-state index in [4.69, 9.17) is 14.9 Å². The van der Waals surface area contributed by atoms with E-state index >= 15 is 0 Å². The number of hydrogen-bond acceptors (Lipinski definition) is 5. The zero-order valence-electron chi connectivity index (χ0n) is 10.8. The summed E-state index contributed by atoms with van der Waals surface area (Å²) in [6.45, 7) is 0. The molecular formula is C14H12F2O3S2. The molecule has 7 heteroatoms. The lowest BCUT2D eigenvalue weighted by atomic mass is 10.3. The van der Waals surface area contributed by atoms with Crippen molar-refractivity contribution in [2.75, 3.05) is 11.9 Å². The minimum Gasteiger partial charge on any atom is -0.505 e. The van der Waals surface area contributed by atoms with Crippen LogP contribution in [0, 0.1) is 11.6 Å². The first-order chi connectivity index (χ1) is 10.1. The molecule has 0 amide bonds. The van der Waals surface area contributed by atoms with Gasteiger partial charge < -0.3 is 14.9 Å². The van der Waals surface area contributed by atoms with E-state index in [1.165, 1.54) is 47.8 Å². The smallest absolute Gasteiger partial charge is 0.165 e. The van der Waals surface area contributed by atoms with Crippen molar-refractivity contribution in [3.8, 4) is 11.5 Å². The Labute approximate surface area is 128 Å². The summed E-state index contributed by atoms with van der Waals surface area (Å²) in [5.41, 5.74) is 0. The molecule has 0 saturated heterocycles. The topological polar surface area (TPSA) is 49.7 Å². The van der Waals surface area contributed by atoms with Gasteiger partial charge in [-0.2, -0.15) is 0 Å². The van der Waals surface area contributed by atoms with Crippen molar-refractivity contribution in [1.82, 2.24) is 0 Å². The summed E-state index contributed by atoms with van der Waals surface area (Å²) < 4.78 is 31.5. The lowest BCUT2D eigenvalue weighted by molar-refractivity contribution is 0.240. The molecule has 0 aliphatic carbocycles. The Hall–Kier alpha value is -1.44. The Morgan fingerprint density at radius 2 is 1.24 bits per heavy atom. The average Bonchev–Trinajstić information content (AvgIpc) is 2.46. The van der Waals surface area contributed by atoms with Crippen LogP contribution in [0.15, 0.2) is 46.2 Å². The molecule has 0 radical (unpaired) electrons. The van der Waals surface area contributed by atoms with Gasteiger partial charge in [-0.25, -0.2) is 8.78 Å². The molecule has 0 heterocycles. The number of ether oxygens (including phenoxy) is 1. The molecule has 0 fully saturated rings. The molecule has 0 spiro atoms. The van der Waals surface area contributed by atoms with E-state index < -0.39 is 11.6 Å². The van der Waals surface area contributed by atoms with Crippen LogP contribution in [0.1, 0.15) is 0 Å². The van der Waals surface area contributed by atoms with Crippen molar-refractivity contribution in [2.24, 2.45) is 0 Å². The second-order valence-corrected chi connectivity index (χ2v) is 5.95. The third-order valence-corrected chi connectivity index (χ3v) is 4.20. The van der Waals surface area contributed by atoms with Gasteiger partial charge in [0, 0.05) is 9.79 Å². The molecule has 0 unspecified atom stereocenters. The van der Waals surface area contributed by atoms with Crippen LogP contribution < -0.4 is 0 Å². The largest absolute Gasteiger partial charge is 0.505 e. The van der Waals surface area contributed by atoms with Crippen LogP contribution >= 0.6 is 23.5 Å². The highest BCUT2D eigenvalue weighted by atomic mass is 32.2. The molecule has 0 saturated carbocycles. The van der Waals surface area contributed by atoms with Gasteiger partial charge in [0.2, 0.25) is 0 Å². The maximum atomic E-state index is 13.1. The van der Waals surface area contributed by atoms with Crippen molar-refractivity contribution in [3.05, 3.63) is 48.0 Å². The minimum absolute atomic E-state index is 0.303. The van der Waals surface area contributed by atoms with E-state index in [2.05, 4.69) is 0 Å². The summed E-state index contributed by atoms with van der Waals surface area (Å²) in [7, 11) is 0. The minimum atomic E-state index is -0.672. The van der Waals surface area contributed by atoms with Crippen molar-refractivity contribution >= 4 is 23.5 Å². The molecule has 2 N–H and O–H groups in total. The number of thioether (sulfide) groups is 2. The molecule has 2 rings (SSSR count). The maximum Gasteiger partial charge on any atom is 0.165 e. The number of hydrogen-bond donors (Lipinski definition) is 2. The third kappa shape index (κ3) is 4.80. The highest BCUT2D eigenvalue weighted by molar-refractivity contribution is 7.99. The zero-order valence-corrected chi connectivity index (χ0v) is 12.4. The number of phenolic OH excluding ortho intramolecular Hbond substituents is 2. The summed E-state index contributed by atoms with van der Waals surface area (Å²) in [6, 6.07) is 8.21. The average molecular weight is 330 g/mol. The Morgan fingerprint density at radius 3 is 1.62 bits per heavy atom. The molecule has 0 aromatic heterocycles. The van der Waals surface area contributed by atoms with E-state index in [0.29, 0.717) is 21.7 Å². The molecule has 112 valence electrons. The fourth-order valence-electron chi connectivity index (χ4n) is 1.41. The molecule has 0 bridgehead atoms. The van der Waals surface area contributed by atoms with Gasteiger partial charge >= 0.3 is 0 Å². The highest BCUT2D eigenvalue weighted by Gasteiger charge is 2.04. The van der Waals surface area contributed by atoms with E-state index in [1.54, 1.807) is 12.1 Å². The van der Waals surface area contributed by atoms with Gasteiger partial charge in [-0.05, 0) is 36.4 Å². The second kappa shape index (κ2) is 7.53. The highest BCUT2D eigenvalue weighted by Crippen LogP contribution is 2.26. The normalized spacial score (nSPS) is 10.8. The molecule has 21 heavy (non-hydrogen) atoms. The second-order valence-electron chi connectivity index (χ2n) is 3.95. The van der Waals surface area contributed by atoms with Crippen LogP contribution in [0.2, 0.25) is 0 Å². The summed E-state index contributed by atoms with van der Waals surface area (Å²) >= 11 is 2.57. The first-order valence-corrected chi connectivity index (χ1v) is 7.84. The first-order valence-electron chi connectivity index (χ1n) is 5.86. The SMILES string of the molecule is Oc1ccc(SCOCSc2ccc(O)c(F)c2)cc1F. The fraction of sp³-hybridized carbons (Fsp3) is 0.143. The number of rotatable bonds is 6. The van der Waals surface area contributed by atoms with E-state index in [0.717, 1.165) is 0 Å². The van der Waals surface area contributed by atoms with Crippen LogP contribution in [-0.4, -0.2) is 22.1 Å². The Bertz CT molecular complexity index is 570. The van der Waals surface area contributed by atoms with Crippen molar-refractivity contribution < 1.29 is 23.7 Å². The van der Waals surface area contributed by atoms with Gasteiger partial charge in [-0.15, -0.1) is 0 Å². The van der Waals surface area contributed by atoms with Crippen LogP contribution in [0.4, 0.5) is 8.78 Å². The number of halogens is 2. The molecule has 0 atom stereocenters. The van der Waals surface area contributed by atoms with Gasteiger partial charge in [0.25, 0.3) is 0 Å². The quantitative estimate of drug-likeness (QED) is 0.472. The summed E-state index contributed by atoms with van der Waals surface area (Å²) in [4.78, 5) is 1.29. The number of phenols is 2. The monoisotopic (exact) mass is 330 g/mol. The van der Waals surface area contributed by atoms with E-state index in [-0.39, 0.29) is 11.5 Å². The molecule has 2 aromatic carbocycles. The van der Waals surface area contributed by atoms with E-state index in [1.807, 2.05) is 0 Å². The number of aromatic hydroxyl groups is 2. The predicted molar refractivity (Wildman–Crippen MR) is 78.7 cm³/mol. The first kappa shape index (κ1) is 15.9. The van der Waals surface area contributed by atoms with Crippen LogP contribution in [0.5, 0.6) is 11.5 Å². The van der Waals surface area contributed by atoms with Crippen molar-refractivity contribution in [1.29, 1.82) is 0 Å². The van der Waals surface area contributed by atoms with Gasteiger partial charge in [0.1, 0.15) is 0 Å². The molecule has 0 aliphatic heterocycles. The Balaban J connectivity index is 1.72. The summed E-state index contributed by atoms with van der Waals surface area (Å²) in [5, 5.41) is 18.1. The lowest BCUT2D eigenvalue weighted by Gasteiger charge is -2.05. The zero-order chi connectivity index (χ0) is 15.2. The van der Waals surface area contributed by atoms with Gasteiger partial charge in [-0.3, -0.25) is 0 Å². The fourth-order valence-corrected chi connectivity index (χ4v) is 2.82. The van der Waals surface area contributed by atoms with E-state index in [9.17, 15) is 8.78 Å². The van der Waals surface area contributed by atoms with Crippen LogP contribution in [0.25, 0.3) is 0 Å². The lowest BCUT2D eigenvalue weighted by Crippen LogP contribution is -1.90.